The molecule has 0 unspecified atom stereocenters. The first-order valence-electron chi connectivity index (χ1n) is 0. The van der Waals surface area contributed by atoms with Gasteiger partial charge in [-0.05, 0) is 0 Å². The summed E-state index contributed by atoms with van der Waals surface area (Å²) in [6.45, 7) is 0. The summed E-state index contributed by atoms with van der Waals surface area (Å²) in [7, 11) is 0. The van der Waals surface area contributed by atoms with E-state index >= 15 is 0 Å². The first-order chi connectivity index (χ1) is 0. The van der Waals surface area contributed by atoms with Gasteiger partial charge in [-0.15, -0.1) is 0 Å². The molecule has 0 aliphatic heterocycles. The maximum atomic E-state index is 0. The van der Waals surface area contributed by atoms with Crippen LogP contribution in [-0.2, 0) is 21.1 Å². The van der Waals surface area contributed by atoms with Gasteiger partial charge in [0.1, 0.15) is 0 Å². The topological polar surface area (TPSA) is 123 Å². The van der Waals surface area contributed by atoms with Crippen LogP contribution < -0.4 is 0 Å². The van der Waals surface area contributed by atoms with Crippen molar-refractivity contribution in [1.82, 2.24) is 0 Å². The third-order valence-electron chi connectivity index (χ3n) is 0. The molecule has 0 aliphatic rings. The summed E-state index contributed by atoms with van der Waals surface area (Å²) in [6.07, 6.45) is 0. The maximum absolute atomic E-state index is 0. The summed E-state index contributed by atoms with van der Waals surface area (Å²) in [4.78, 5) is 0. The Balaban J connectivity index is 0. The van der Waals surface area contributed by atoms with Crippen molar-refractivity contribution in [3.05, 3.63) is 0 Å². The Morgan fingerprint density at radius 1 is 0.600 bits per heavy atom. The first kappa shape index (κ1) is 406. The smallest absolute Gasteiger partial charge is 0.870 e. The van der Waals surface area contributed by atoms with Crippen LogP contribution in [0.4, 0.5) is 0 Å². The van der Waals surface area contributed by atoms with E-state index in [9.17, 15) is 0 Å². The van der Waals surface area contributed by atoms with Crippen molar-refractivity contribution in [2.75, 3.05) is 0 Å². The second kappa shape index (κ2) is 202. The fourth-order valence-corrected chi connectivity index (χ4v) is 0. The maximum Gasteiger partial charge on any atom is 2.00 e. The van der Waals surface area contributed by atoms with Gasteiger partial charge >= 0.3 is 21.1 Å². The Kier molecular flexibility index (Phi) is 16400. The number of rotatable bonds is 0. The zero-order valence-corrected chi connectivity index (χ0v) is 5.24. The summed E-state index contributed by atoms with van der Waals surface area (Å²) >= 11 is 0. The Hall–Kier alpha value is 0.528. The molecule has 0 heterocycles. The standard InChI is InChI=1S/4H2O.W/h4*1H2;/q;;;;+2/p-2. The minimum atomic E-state index is 0. The second-order valence-corrected chi connectivity index (χ2v) is 0. The van der Waals surface area contributed by atoms with E-state index in [1.807, 2.05) is 0 Å². The molecule has 0 aromatic heterocycles. The molecule has 0 rings (SSSR count). The molecule has 0 atom stereocenters. The van der Waals surface area contributed by atoms with Crippen LogP contribution in [0.25, 0.3) is 0 Å². The third kappa shape index (κ3) is 104. The molecule has 0 radical (unpaired) electrons. The summed E-state index contributed by atoms with van der Waals surface area (Å²) < 4.78 is 0. The molecule has 6 N–H and O–H groups in total. The van der Waals surface area contributed by atoms with E-state index in [1.165, 1.54) is 0 Å². The largest absolute Gasteiger partial charge is 2.00 e. The van der Waals surface area contributed by atoms with Gasteiger partial charge in [0.15, 0.2) is 0 Å². The minimum Gasteiger partial charge on any atom is -0.870 e. The summed E-state index contributed by atoms with van der Waals surface area (Å²) in [5.74, 6) is 0. The molecular weight excluding hydrogens is 248 g/mol. The zero-order chi connectivity index (χ0) is 0. The summed E-state index contributed by atoms with van der Waals surface area (Å²) in [6, 6.07) is 0. The first-order valence-corrected chi connectivity index (χ1v) is 0. The van der Waals surface area contributed by atoms with E-state index in [4.69, 9.17) is 0 Å². The molecule has 0 aromatic rings. The van der Waals surface area contributed by atoms with Crippen LogP contribution in [-0.4, -0.2) is 21.9 Å². The van der Waals surface area contributed by atoms with E-state index in [0.29, 0.717) is 0 Å². The van der Waals surface area contributed by atoms with Gasteiger partial charge < -0.3 is 21.9 Å². The summed E-state index contributed by atoms with van der Waals surface area (Å²) in [5.41, 5.74) is 0. The molecule has 36 valence electrons. The quantitative estimate of drug-likeness (QED) is 0.495. The van der Waals surface area contributed by atoms with Crippen molar-refractivity contribution in [3.63, 3.8) is 0 Å². The van der Waals surface area contributed by atoms with Crippen LogP contribution >= 0.6 is 0 Å². The summed E-state index contributed by atoms with van der Waals surface area (Å²) in [5, 5.41) is 0. The molecule has 4 nitrogen and oxygen atoms in total. The molecule has 0 bridgehead atoms. The van der Waals surface area contributed by atoms with Crippen molar-refractivity contribution in [3.8, 4) is 0 Å². The predicted octanol–water partition coefficient (Wildman–Crippen LogP) is -2.01. The molecule has 5 heteroatoms. The van der Waals surface area contributed by atoms with Crippen LogP contribution in [0.2, 0.25) is 0 Å². The van der Waals surface area contributed by atoms with Crippen molar-refractivity contribution in [2.45, 2.75) is 0 Å². The molecule has 0 aliphatic carbocycles. The van der Waals surface area contributed by atoms with Crippen molar-refractivity contribution >= 4 is 0 Å². The fourth-order valence-electron chi connectivity index (χ4n) is 0. The van der Waals surface area contributed by atoms with E-state index in [1.54, 1.807) is 0 Å². The zero-order valence-electron chi connectivity index (χ0n) is 2.30. The van der Waals surface area contributed by atoms with E-state index in [-0.39, 0.29) is 43.0 Å². The predicted molar refractivity (Wildman–Crippen MR) is 11.1 cm³/mol. The van der Waals surface area contributed by atoms with Crippen molar-refractivity contribution < 1.29 is 43.0 Å². The number of hydrogen-bond acceptors (Lipinski definition) is 2. The van der Waals surface area contributed by atoms with Gasteiger partial charge in [0.25, 0.3) is 0 Å². The van der Waals surface area contributed by atoms with Crippen LogP contribution in [0.1, 0.15) is 0 Å². The van der Waals surface area contributed by atoms with Gasteiger partial charge in [-0.25, -0.2) is 0 Å². The van der Waals surface area contributed by atoms with Crippen LogP contribution in [0.3, 0.4) is 0 Å². The average molecular weight is 254 g/mol. The van der Waals surface area contributed by atoms with Gasteiger partial charge in [0.2, 0.25) is 0 Å². The Morgan fingerprint density at radius 2 is 0.600 bits per heavy atom. The minimum absolute atomic E-state index is 0. The monoisotopic (exact) mass is 254 g/mol. The van der Waals surface area contributed by atoms with Gasteiger partial charge in [-0.1, -0.05) is 0 Å². The van der Waals surface area contributed by atoms with Crippen LogP contribution in [0.5, 0.6) is 0 Å². The Morgan fingerprint density at radius 3 is 0.600 bits per heavy atom. The number of hydrogen-bond donors (Lipinski definition) is 0. The molecule has 0 spiro atoms. The van der Waals surface area contributed by atoms with E-state index in [2.05, 4.69) is 0 Å². The van der Waals surface area contributed by atoms with Gasteiger partial charge in [0, 0.05) is 0 Å². The van der Waals surface area contributed by atoms with E-state index < -0.39 is 0 Å². The van der Waals surface area contributed by atoms with Crippen molar-refractivity contribution in [2.24, 2.45) is 0 Å². The molecular formula is H6O4W. The Labute approximate surface area is 43.7 Å². The van der Waals surface area contributed by atoms with Gasteiger partial charge in [-0.2, -0.15) is 0 Å². The fraction of sp³-hybridized carbons (Fsp3) is 0. The van der Waals surface area contributed by atoms with Gasteiger partial charge in [-0.3, -0.25) is 0 Å². The van der Waals surface area contributed by atoms with Crippen molar-refractivity contribution in [1.29, 1.82) is 0 Å². The molecule has 5 heavy (non-hydrogen) atoms. The second-order valence-electron chi connectivity index (χ2n) is 0. The molecule has 0 saturated heterocycles. The van der Waals surface area contributed by atoms with E-state index in [0.717, 1.165) is 0 Å². The van der Waals surface area contributed by atoms with Gasteiger partial charge in [0.05, 0.1) is 0 Å². The third-order valence-corrected chi connectivity index (χ3v) is 0. The normalized spacial score (nSPS) is 0. The molecule has 0 saturated carbocycles. The average Bonchev–Trinajstić information content (AvgIpc) is 0. The molecule has 0 aromatic carbocycles. The SMILES string of the molecule is O.O.[OH-].[OH-].[W+2]. The van der Waals surface area contributed by atoms with Crippen LogP contribution in [0.15, 0.2) is 0 Å². The Bertz CT molecular complexity index is 3.61. The molecule has 0 amide bonds. The molecule has 0 fully saturated rings. The van der Waals surface area contributed by atoms with Crippen LogP contribution in [0, 0.1) is 0 Å².